The van der Waals surface area contributed by atoms with Gasteiger partial charge in [-0.2, -0.15) is 0 Å². The van der Waals surface area contributed by atoms with Gasteiger partial charge in [-0.05, 0) is 42.4 Å². The van der Waals surface area contributed by atoms with E-state index in [0.29, 0.717) is 11.8 Å². The second-order valence-electron chi connectivity index (χ2n) is 7.54. The number of carbonyl (C=O) groups is 1. The molecule has 23 heavy (non-hydrogen) atoms. The van der Waals surface area contributed by atoms with Gasteiger partial charge < -0.3 is 10.2 Å². The molecule has 1 aromatic rings. The lowest BCUT2D eigenvalue weighted by Crippen LogP contribution is -2.48. The normalized spacial score (nSPS) is 29.5. The van der Waals surface area contributed by atoms with Crippen molar-refractivity contribution in [3.05, 3.63) is 35.6 Å². The third-order valence-electron chi connectivity index (χ3n) is 6.17. The zero-order valence-corrected chi connectivity index (χ0v) is 13.6. The van der Waals surface area contributed by atoms with E-state index >= 15 is 0 Å². The molecule has 3 aliphatic rings. The van der Waals surface area contributed by atoms with Crippen molar-refractivity contribution in [1.82, 2.24) is 10.2 Å². The molecule has 0 aromatic heterocycles. The van der Waals surface area contributed by atoms with Gasteiger partial charge in [0.25, 0.3) is 0 Å². The number of hydrogen-bond acceptors (Lipinski definition) is 2. The molecule has 0 radical (unpaired) electrons. The van der Waals surface area contributed by atoms with E-state index in [1.807, 2.05) is 6.07 Å². The summed E-state index contributed by atoms with van der Waals surface area (Å²) in [7, 11) is 0. The van der Waals surface area contributed by atoms with Gasteiger partial charge in [0, 0.05) is 26.2 Å². The molecular formula is C19H25FN2O. The van der Waals surface area contributed by atoms with Crippen LogP contribution in [0, 0.1) is 17.7 Å². The Hall–Kier alpha value is -1.42. The number of benzene rings is 1. The van der Waals surface area contributed by atoms with Crippen LogP contribution in [0.15, 0.2) is 24.3 Å². The number of rotatable bonds is 2. The Balaban J connectivity index is 1.64. The van der Waals surface area contributed by atoms with Crippen molar-refractivity contribution in [1.29, 1.82) is 0 Å². The lowest BCUT2D eigenvalue weighted by Gasteiger charge is -2.39. The van der Waals surface area contributed by atoms with E-state index in [2.05, 4.69) is 10.2 Å². The predicted octanol–water partition coefficient (Wildman–Crippen LogP) is 2.71. The summed E-state index contributed by atoms with van der Waals surface area (Å²) in [6.45, 7) is 3.80. The van der Waals surface area contributed by atoms with Gasteiger partial charge in [0.1, 0.15) is 5.82 Å². The molecule has 0 unspecified atom stereocenters. The number of amides is 1. The molecule has 2 heterocycles. The number of nitrogens with zero attached hydrogens (tertiary/aromatic N) is 1. The zero-order chi connectivity index (χ0) is 15.9. The fourth-order valence-electron chi connectivity index (χ4n) is 4.89. The van der Waals surface area contributed by atoms with Crippen LogP contribution < -0.4 is 5.32 Å². The highest BCUT2D eigenvalue weighted by Crippen LogP contribution is 2.42. The van der Waals surface area contributed by atoms with Gasteiger partial charge in [0.2, 0.25) is 5.91 Å². The average Bonchev–Trinajstić information content (AvgIpc) is 3.16. The summed E-state index contributed by atoms with van der Waals surface area (Å²) >= 11 is 0. The van der Waals surface area contributed by atoms with Gasteiger partial charge in [-0.25, -0.2) is 4.39 Å². The van der Waals surface area contributed by atoms with E-state index in [1.165, 1.54) is 12.5 Å². The summed E-state index contributed by atoms with van der Waals surface area (Å²) in [5, 5.41) is 3.42. The molecule has 1 aliphatic carbocycles. The first-order valence-electron chi connectivity index (χ1n) is 8.95. The van der Waals surface area contributed by atoms with Crippen LogP contribution in [0.2, 0.25) is 0 Å². The summed E-state index contributed by atoms with van der Waals surface area (Å²) in [5.41, 5.74) is 0.393. The molecule has 1 amide bonds. The second kappa shape index (κ2) is 5.90. The molecule has 4 rings (SSSR count). The maximum Gasteiger partial charge on any atom is 0.233 e. The van der Waals surface area contributed by atoms with Crippen LogP contribution in [0.4, 0.5) is 4.39 Å². The minimum absolute atomic E-state index is 0.234. The number of likely N-dealkylation sites (tertiary alicyclic amines) is 1. The van der Waals surface area contributed by atoms with E-state index in [1.54, 1.807) is 12.1 Å². The Labute approximate surface area is 137 Å². The third kappa shape index (κ3) is 2.57. The molecule has 124 valence electrons. The molecular weight excluding hydrogens is 291 g/mol. The Morgan fingerprint density at radius 2 is 1.83 bits per heavy atom. The first kappa shape index (κ1) is 15.1. The Kier molecular flexibility index (Phi) is 3.88. The van der Waals surface area contributed by atoms with Crippen molar-refractivity contribution < 1.29 is 9.18 Å². The zero-order valence-electron chi connectivity index (χ0n) is 13.6. The van der Waals surface area contributed by atoms with Crippen molar-refractivity contribution in [2.24, 2.45) is 11.8 Å². The summed E-state index contributed by atoms with van der Waals surface area (Å²) in [6, 6.07) is 6.75. The standard InChI is InChI=1S/C19H25FN2O/c20-17-6-4-5-16(9-17)19(7-2-1-3-8-19)18(23)22-12-14-10-21-11-15(14)13-22/h4-6,9,14-15,21H,1-3,7-8,10-13H2/t14-,15+. The molecule has 0 bridgehead atoms. The van der Waals surface area contributed by atoms with Gasteiger partial charge in [0.15, 0.2) is 0 Å². The SMILES string of the molecule is O=C(N1C[C@H]2CNC[C@H]2C1)C1(c2cccc(F)c2)CCCCC1. The number of carbonyl (C=O) groups excluding carboxylic acids is 1. The van der Waals surface area contributed by atoms with Crippen LogP contribution in [-0.2, 0) is 10.2 Å². The third-order valence-corrected chi connectivity index (χ3v) is 6.17. The molecule has 3 fully saturated rings. The van der Waals surface area contributed by atoms with Crippen molar-refractivity contribution >= 4 is 5.91 Å². The molecule has 0 spiro atoms. The van der Waals surface area contributed by atoms with E-state index in [9.17, 15) is 9.18 Å². The van der Waals surface area contributed by atoms with Gasteiger partial charge in [-0.15, -0.1) is 0 Å². The topological polar surface area (TPSA) is 32.3 Å². The Bertz CT molecular complexity index is 585. The van der Waals surface area contributed by atoms with E-state index in [4.69, 9.17) is 0 Å². The van der Waals surface area contributed by atoms with Crippen LogP contribution >= 0.6 is 0 Å². The van der Waals surface area contributed by atoms with E-state index < -0.39 is 5.41 Å². The average molecular weight is 316 g/mol. The van der Waals surface area contributed by atoms with E-state index in [0.717, 1.165) is 57.4 Å². The van der Waals surface area contributed by atoms with Crippen LogP contribution in [0.5, 0.6) is 0 Å². The maximum absolute atomic E-state index is 13.8. The largest absolute Gasteiger partial charge is 0.341 e. The first-order valence-corrected chi connectivity index (χ1v) is 8.95. The number of halogens is 1. The summed E-state index contributed by atoms with van der Waals surface area (Å²) in [6.07, 6.45) is 5.02. The minimum Gasteiger partial charge on any atom is -0.341 e. The highest BCUT2D eigenvalue weighted by Gasteiger charge is 2.47. The molecule has 3 nitrogen and oxygen atoms in total. The molecule has 2 aliphatic heterocycles. The molecule has 1 saturated carbocycles. The molecule has 1 aromatic carbocycles. The first-order chi connectivity index (χ1) is 11.2. The maximum atomic E-state index is 13.8. The smallest absolute Gasteiger partial charge is 0.233 e. The number of hydrogen-bond donors (Lipinski definition) is 1. The lowest BCUT2D eigenvalue weighted by molar-refractivity contribution is -0.138. The fraction of sp³-hybridized carbons (Fsp3) is 0.632. The van der Waals surface area contributed by atoms with Gasteiger partial charge >= 0.3 is 0 Å². The summed E-state index contributed by atoms with van der Waals surface area (Å²) in [5.74, 6) is 1.22. The van der Waals surface area contributed by atoms with Crippen LogP contribution in [0.3, 0.4) is 0 Å². The predicted molar refractivity (Wildman–Crippen MR) is 87.6 cm³/mol. The number of fused-ring (bicyclic) bond motifs is 1. The van der Waals surface area contributed by atoms with E-state index in [-0.39, 0.29) is 11.7 Å². The van der Waals surface area contributed by atoms with Crippen LogP contribution in [-0.4, -0.2) is 37.0 Å². The molecule has 2 saturated heterocycles. The van der Waals surface area contributed by atoms with Crippen molar-refractivity contribution in [2.45, 2.75) is 37.5 Å². The Morgan fingerprint density at radius 3 is 2.48 bits per heavy atom. The Morgan fingerprint density at radius 1 is 1.13 bits per heavy atom. The highest BCUT2D eigenvalue weighted by molar-refractivity contribution is 5.88. The van der Waals surface area contributed by atoms with Gasteiger partial charge in [-0.1, -0.05) is 31.4 Å². The summed E-state index contributed by atoms with van der Waals surface area (Å²) < 4.78 is 13.8. The van der Waals surface area contributed by atoms with Crippen molar-refractivity contribution in [3.63, 3.8) is 0 Å². The quantitative estimate of drug-likeness (QED) is 0.910. The summed E-state index contributed by atoms with van der Waals surface area (Å²) in [4.78, 5) is 15.5. The second-order valence-corrected chi connectivity index (χ2v) is 7.54. The molecule has 2 atom stereocenters. The van der Waals surface area contributed by atoms with Gasteiger partial charge in [-0.3, -0.25) is 4.79 Å². The van der Waals surface area contributed by atoms with Crippen molar-refractivity contribution in [2.75, 3.05) is 26.2 Å². The van der Waals surface area contributed by atoms with Crippen molar-refractivity contribution in [3.8, 4) is 0 Å². The number of nitrogens with one attached hydrogen (secondary N) is 1. The highest BCUT2D eigenvalue weighted by atomic mass is 19.1. The lowest BCUT2D eigenvalue weighted by atomic mass is 9.68. The fourth-order valence-corrected chi connectivity index (χ4v) is 4.89. The van der Waals surface area contributed by atoms with Crippen LogP contribution in [0.1, 0.15) is 37.7 Å². The monoisotopic (exact) mass is 316 g/mol. The molecule has 1 N–H and O–H groups in total. The van der Waals surface area contributed by atoms with Gasteiger partial charge in [0.05, 0.1) is 5.41 Å². The molecule has 4 heteroatoms. The van der Waals surface area contributed by atoms with Crippen LogP contribution in [0.25, 0.3) is 0 Å². The minimum atomic E-state index is -0.494.